The summed E-state index contributed by atoms with van der Waals surface area (Å²) in [6.45, 7) is 2.54. The second-order valence-electron chi connectivity index (χ2n) is 2.87. The lowest BCUT2D eigenvalue weighted by Crippen LogP contribution is -2.34. The number of hydrogen-bond donors (Lipinski definition) is 2. The monoisotopic (exact) mass is 220 g/mol. The predicted molar refractivity (Wildman–Crippen MR) is 56.2 cm³/mol. The van der Waals surface area contributed by atoms with Gasteiger partial charge in [-0.05, 0) is 6.92 Å². The van der Waals surface area contributed by atoms with Crippen molar-refractivity contribution in [3.63, 3.8) is 0 Å². The number of nitrogens with zero attached hydrogens (tertiary/aromatic N) is 1. The van der Waals surface area contributed by atoms with E-state index in [9.17, 15) is 9.59 Å². The van der Waals surface area contributed by atoms with Gasteiger partial charge in [0.2, 0.25) is 5.91 Å². The zero-order chi connectivity index (χ0) is 11.1. The fourth-order valence-corrected chi connectivity index (χ4v) is 1.54. The Balaban J connectivity index is 3.64. The van der Waals surface area contributed by atoms with E-state index < -0.39 is 12.0 Å². The second kappa shape index (κ2) is 6.67. The van der Waals surface area contributed by atoms with Crippen LogP contribution >= 0.6 is 11.8 Å². The van der Waals surface area contributed by atoms with Crippen LogP contribution in [-0.2, 0) is 9.59 Å². The Morgan fingerprint density at radius 2 is 2.14 bits per heavy atom. The normalized spacial score (nSPS) is 12.2. The average molecular weight is 220 g/mol. The highest BCUT2D eigenvalue weighted by atomic mass is 32.2. The molecule has 14 heavy (non-hydrogen) atoms. The smallest absolute Gasteiger partial charge is 0.321 e. The van der Waals surface area contributed by atoms with Crippen LogP contribution in [-0.4, -0.2) is 53.0 Å². The summed E-state index contributed by atoms with van der Waals surface area (Å²) in [5.41, 5.74) is 5.27. The van der Waals surface area contributed by atoms with E-state index >= 15 is 0 Å². The Morgan fingerprint density at radius 1 is 1.57 bits per heavy atom. The Kier molecular flexibility index (Phi) is 6.31. The summed E-state index contributed by atoms with van der Waals surface area (Å²) in [5.74, 6) is -0.492. The third-order valence-corrected chi connectivity index (χ3v) is 2.79. The van der Waals surface area contributed by atoms with Gasteiger partial charge in [0.15, 0.2) is 0 Å². The van der Waals surface area contributed by atoms with Crippen LogP contribution in [0.4, 0.5) is 0 Å². The van der Waals surface area contributed by atoms with Gasteiger partial charge >= 0.3 is 5.97 Å². The van der Waals surface area contributed by atoms with Crippen molar-refractivity contribution in [3.8, 4) is 0 Å². The standard InChI is InChI=1S/C8H16N2O3S/c1-3-10(2)7(11)5-14-4-6(9)8(12)13/h6H,3-5,9H2,1-2H3,(H,12,13)/t6-/m1/s1. The minimum Gasteiger partial charge on any atom is -0.480 e. The number of carboxylic acid groups (broad SMARTS) is 1. The second-order valence-corrected chi connectivity index (χ2v) is 3.90. The molecule has 0 aromatic heterocycles. The van der Waals surface area contributed by atoms with Gasteiger partial charge in [0, 0.05) is 19.3 Å². The van der Waals surface area contributed by atoms with Gasteiger partial charge in [0.05, 0.1) is 5.75 Å². The summed E-state index contributed by atoms with van der Waals surface area (Å²) < 4.78 is 0. The lowest BCUT2D eigenvalue weighted by Gasteiger charge is -2.14. The summed E-state index contributed by atoms with van der Waals surface area (Å²) >= 11 is 1.24. The molecule has 0 spiro atoms. The van der Waals surface area contributed by atoms with Crippen LogP contribution in [0.15, 0.2) is 0 Å². The average Bonchev–Trinajstić information content (AvgIpc) is 2.15. The van der Waals surface area contributed by atoms with Crippen molar-refractivity contribution in [1.29, 1.82) is 0 Å². The maximum atomic E-state index is 11.2. The number of aliphatic carboxylic acids is 1. The molecule has 0 radical (unpaired) electrons. The van der Waals surface area contributed by atoms with E-state index in [0.717, 1.165) is 0 Å². The third-order valence-electron chi connectivity index (χ3n) is 1.74. The van der Waals surface area contributed by atoms with E-state index in [1.54, 1.807) is 11.9 Å². The number of rotatable bonds is 6. The molecule has 1 amide bonds. The van der Waals surface area contributed by atoms with Crippen LogP contribution in [0.5, 0.6) is 0 Å². The van der Waals surface area contributed by atoms with Crippen LogP contribution in [0.3, 0.4) is 0 Å². The van der Waals surface area contributed by atoms with Gasteiger partial charge in [-0.1, -0.05) is 0 Å². The molecule has 0 saturated heterocycles. The van der Waals surface area contributed by atoms with Gasteiger partial charge in [-0.2, -0.15) is 0 Å². The Labute approximate surface area is 87.6 Å². The molecule has 0 aliphatic heterocycles. The molecule has 3 N–H and O–H groups in total. The maximum absolute atomic E-state index is 11.2. The molecule has 5 nitrogen and oxygen atoms in total. The number of hydrogen-bond acceptors (Lipinski definition) is 4. The quantitative estimate of drug-likeness (QED) is 0.637. The molecule has 0 aromatic carbocycles. The highest BCUT2D eigenvalue weighted by Crippen LogP contribution is 2.03. The largest absolute Gasteiger partial charge is 0.480 e. The highest BCUT2D eigenvalue weighted by molar-refractivity contribution is 8.00. The number of carbonyl (C=O) groups is 2. The third kappa shape index (κ3) is 5.08. The lowest BCUT2D eigenvalue weighted by atomic mass is 10.4. The number of thioether (sulfide) groups is 1. The first-order valence-corrected chi connectivity index (χ1v) is 5.44. The molecule has 0 fully saturated rings. The summed E-state index contributed by atoms with van der Waals surface area (Å²) in [4.78, 5) is 23.2. The van der Waals surface area contributed by atoms with Crippen molar-refractivity contribution in [2.75, 3.05) is 25.1 Å². The molecule has 82 valence electrons. The van der Waals surface area contributed by atoms with Crippen LogP contribution in [0.2, 0.25) is 0 Å². The molecule has 1 atom stereocenters. The number of carbonyl (C=O) groups excluding carboxylic acids is 1. The lowest BCUT2D eigenvalue weighted by molar-refractivity contribution is -0.138. The van der Waals surface area contributed by atoms with Crippen molar-refractivity contribution >= 4 is 23.6 Å². The fourth-order valence-electron chi connectivity index (χ4n) is 0.631. The molecule has 0 heterocycles. The van der Waals surface area contributed by atoms with Gasteiger partial charge in [-0.15, -0.1) is 11.8 Å². The van der Waals surface area contributed by atoms with E-state index in [0.29, 0.717) is 6.54 Å². The SMILES string of the molecule is CCN(C)C(=O)CSC[C@@H](N)C(=O)O. The predicted octanol–water partition coefficient (Wildman–Crippen LogP) is -0.390. The van der Waals surface area contributed by atoms with Gasteiger partial charge < -0.3 is 15.7 Å². The minimum atomic E-state index is -1.03. The van der Waals surface area contributed by atoms with Gasteiger partial charge in [0.25, 0.3) is 0 Å². The molecule has 0 aromatic rings. The first-order valence-electron chi connectivity index (χ1n) is 4.29. The molecule has 0 aliphatic carbocycles. The number of carboxylic acids is 1. The van der Waals surface area contributed by atoms with Gasteiger partial charge in [-0.25, -0.2) is 0 Å². The van der Waals surface area contributed by atoms with Crippen molar-refractivity contribution in [2.24, 2.45) is 5.73 Å². The maximum Gasteiger partial charge on any atom is 0.321 e. The number of amides is 1. The van der Waals surface area contributed by atoms with Crippen molar-refractivity contribution in [3.05, 3.63) is 0 Å². The highest BCUT2D eigenvalue weighted by Gasteiger charge is 2.13. The van der Waals surface area contributed by atoms with Crippen molar-refractivity contribution in [1.82, 2.24) is 4.90 Å². The molecule has 0 aliphatic rings. The minimum absolute atomic E-state index is 0.00455. The van der Waals surface area contributed by atoms with Crippen LogP contribution in [0, 0.1) is 0 Å². The van der Waals surface area contributed by atoms with E-state index in [-0.39, 0.29) is 17.4 Å². The molecule has 0 bridgehead atoms. The molecule has 6 heteroatoms. The molecule has 0 rings (SSSR count). The summed E-state index contributed by atoms with van der Waals surface area (Å²) in [6.07, 6.45) is 0. The number of nitrogens with two attached hydrogens (primary N) is 1. The van der Waals surface area contributed by atoms with Crippen molar-refractivity contribution < 1.29 is 14.7 Å². The zero-order valence-electron chi connectivity index (χ0n) is 8.40. The first-order chi connectivity index (χ1) is 6.49. The van der Waals surface area contributed by atoms with E-state index in [2.05, 4.69) is 0 Å². The summed E-state index contributed by atoms with van der Waals surface area (Å²) in [6, 6.07) is -0.889. The fraction of sp³-hybridized carbons (Fsp3) is 0.750. The van der Waals surface area contributed by atoms with E-state index in [1.165, 1.54) is 11.8 Å². The Bertz CT molecular complexity index is 211. The van der Waals surface area contributed by atoms with Crippen LogP contribution < -0.4 is 5.73 Å². The summed E-state index contributed by atoms with van der Waals surface area (Å²) in [5, 5.41) is 8.47. The van der Waals surface area contributed by atoms with Gasteiger partial charge in [0.1, 0.15) is 6.04 Å². The molecule has 0 saturated carbocycles. The van der Waals surface area contributed by atoms with Gasteiger partial charge in [-0.3, -0.25) is 9.59 Å². The van der Waals surface area contributed by atoms with Crippen LogP contribution in [0.1, 0.15) is 6.92 Å². The molecular weight excluding hydrogens is 204 g/mol. The molecule has 0 unspecified atom stereocenters. The summed E-state index contributed by atoms with van der Waals surface area (Å²) in [7, 11) is 1.71. The Morgan fingerprint density at radius 3 is 2.57 bits per heavy atom. The molecular formula is C8H16N2O3S. The van der Waals surface area contributed by atoms with E-state index in [1.807, 2.05) is 6.92 Å². The van der Waals surface area contributed by atoms with E-state index in [4.69, 9.17) is 10.8 Å². The van der Waals surface area contributed by atoms with Crippen molar-refractivity contribution in [2.45, 2.75) is 13.0 Å². The zero-order valence-corrected chi connectivity index (χ0v) is 9.21. The van der Waals surface area contributed by atoms with Crippen LogP contribution in [0.25, 0.3) is 0 Å². The topological polar surface area (TPSA) is 83.6 Å². The first kappa shape index (κ1) is 13.2. The Hall–Kier alpha value is -0.750.